The van der Waals surface area contributed by atoms with Crippen LogP contribution in [0.2, 0.25) is 0 Å². The Morgan fingerprint density at radius 2 is 1.83 bits per heavy atom. The highest BCUT2D eigenvalue weighted by molar-refractivity contribution is 6.10. The number of esters is 1. The molecule has 23 heavy (non-hydrogen) atoms. The topological polar surface area (TPSA) is 60.4 Å². The number of hydrogen-bond donors (Lipinski definition) is 0. The molecule has 0 bridgehead atoms. The van der Waals surface area contributed by atoms with E-state index in [0.717, 1.165) is 6.42 Å². The average molecular weight is 316 g/mol. The van der Waals surface area contributed by atoms with Crippen LogP contribution in [-0.2, 0) is 14.3 Å². The van der Waals surface area contributed by atoms with Crippen molar-refractivity contribution >= 4 is 17.5 Å². The summed E-state index contributed by atoms with van der Waals surface area (Å²) in [5.74, 6) is -1.11. The van der Waals surface area contributed by atoms with Crippen molar-refractivity contribution in [2.45, 2.75) is 39.5 Å². The van der Waals surface area contributed by atoms with E-state index >= 15 is 0 Å². The highest BCUT2D eigenvalue weighted by atomic mass is 16.5. The second-order valence-corrected chi connectivity index (χ2v) is 5.30. The van der Waals surface area contributed by atoms with Crippen LogP contribution in [0.25, 0.3) is 0 Å². The zero-order valence-electron chi connectivity index (χ0n) is 13.8. The van der Waals surface area contributed by atoms with Crippen molar-refractivity contribution in [2.75, 3.05) is 6.61 Å². The number of rotatable bonds is 10. The fourth-order valence-electron chi connectivity index (χ4n) is 2.21. The van der Waals surface area contributed by atoms with Gasteiger partial charge in [-0.05, 0) is 33.1 Å². The Balaban J connectivity index is 2.45. The molecule has 4 nitrogen and oxygen atoms in total. The lowest BCUT2D eigenvalue weighted by Gasteiger charge is -2.10. The van der Waals surface area contributed by atoms with Crippen LogP contribution in [-0.4, -0.2) is 24.1 Å². The summed E-state index contributed by atoms with van der Waals surface area (Å²) < 4.78 is 4.85. The smallest absolute Gasteiger partial charge is 0.305 e. The second-order valence-electron chi connectivity index (χ2n) is 5.30. The van der Waals surface area contributed by atoms with E-state index in [2.05, 4.69) is 0 Å². The van der Waals surface area contributed by atoms with Gasteiger partial charge in [-0.25, -0.2) is 0 Å². The van der Waals surface area contributed by atoms with Crippen molar-refractivity contribution in [3.63, 3.8) is 0 Å². The molecule has 1 rings (SSSR count). The highest BCUT2D eigenvalue weighted by Crippen LogP contribution is 2.15. The van der Waals surface area contributed by atoms with Crippen molar-refractivity contribution in [1.82, 2.24) is 0 Å². The molecule has 0 aromatic heterocycles. The molecule has 1 unspecified atom stereocenters. The van der Waals surface area contributed by atoms with Crippen LogP contribution in [0.3, 0.4) is 0 Å². The average Bonchev–Trinajstić information content (AvgIpc) is 2.54. The maximum atomic E-state index is 12.4. The largest absolute Gasteiger partial charge is 0.466 e. The number of carbonyl (C=O) groups is 3. The summed E-state index contributed by atoms with van der Waals surface area (Å²) >= 11 is 0. The van der Waals surface area contributed by atoms with Gasteiger partial charge in [0.15, 0.2) is 5.78 Å². The molecule has 0 fully saturated rings. The molecule has 0 aliphatic carbocycles. The van der Waals surface area contributed by atoms with E-state index in [1.54, 1.807) is 31.2 Å². The van der Waals surface area contributed by atoms with Crippen LogP contribution >= 0.6 is 0 Å². The van der Waals surface area contributed by atoms with E-state index in [9.17, 15) is 14.4 Å². The van der Waals surface area contributed by atoms with Crippen molar-refractivity contribution < 1.29 is 19.1 Å². The third-order valence-corrected chi connectivity index (χ3v) is 3.46. The number of ether oxygens (including phenoxy) is 1. The molecular formula is C19H24O4. The number of hydrogen-bond acceptors (Lipinski definition) is 4. The third kappa shape index (κ3) is 7.04. The quantitative estimate of drug-likeness (QED) is 0.217. The molecule has 0 aliphatic rings. The maximum Gasteiger partial charge on any atom is 0.305 e. The van der Waals surface area contributed by atoms with Gasteiger partial charge in [0.1, 0.15) is 5.78 Å². The van der Waals surface area contributed by atoms with Crippen molar-refractivity contribution in [2.24, 2.45) is 5.92 Å². The van der Waals surface area contributed by atoms with Crippen molar-refractivity contribution in [3.8, 4) is 0 Å². The number of carbonyl (C=O) groups excluding carboxylic acids is 3. The van der Waals surface area contributed by atoms with Gasteiger partial charge in [-0.3, -0.25) is 14.4 Å². The Bertz CT molecular complexity index is 546. The van der Waals surface area contributed by atoms with Gasteiger partial charge in [0.05, 0.1) is 12.5 Å². The molecule has 0 radical (unpaired) electrons. The zero-order chi connectivity index (χ0) is 17.1. The number of benzene rings is 1. The van der Waals surface area contributed by atoms with Gasteiger partial charge >= 0.3 is 5.97 Å². The van der Waals surface area contributed by atoms with Gasteiger partial charge < -0.3 is 4.74 Å². The first-order valence-electron chi connectivity index (χ1n) is 7.96. The van der Waals surface area contributed by atoms with E-state index in [1.807, 2.05) is 18.2 Å². The summed E-state index contributed by atoms with van der Waals surface area (Å²) in [6.07, 6.45) is 5.96. The van der Waals surface area contributed by atoms with E-state index in [4.69, 9.17) is 4.74 Å². The standard InChI is InChI=1S/C19H24O4/c1-3-23-18(21)14-10-5-4-9-13-17(15(2)20)19(22)16-11-7-6-8-12-16/h4,6-9,11-12,17H,3,5,10,13-14H2,1-2H3. The molecule has 124 valence electrons. The first-order chi connectivity index (χ1) is 11.1. The Kier molecular flexibility index (Phi) is 8.58. The normalized spacial score (nSPS) is 12.1. The molecule has 0 aliphatic heterocycles. The minimum Gasteiger partial charge on any atom is -0.466 e. The Labute approximate surface area is 137 Å². The maximum absolute atomic E-state index is 12.4. The summed E-state index contributed by atoms with van der Waals surface area (Å²) in [5, 5.41) is 0. The van der Waals surface area contributed by atoms with E-state index in [0.29, 0.717) is 31.4 Å². The number of allylic oxidation sites excluding steroid dienone is 2. The van der Waals surface area contributed by atoms with Gasteiger partial charge in [-0.2, -0.15) is 0 Å². The molecule has 0 N–H and O–H groups in total. The van der Waals surface area contributed by atoms with Crippen LogP contribution < -0.4 is 0 Å². The van der Waals surface area contributed by atoms with Crippen LogP contribution in [0.15, 0.2) is 42.5 Å². The van der Waals surface area contributed by atoms with Crippen LogP contribution in [0, 0.1) is 5.92 Å². The summed E-state index contributed by atoms with van der Waals surface area (Å²) in [4.78, 5) is 35.3. The Hall–Kier alpha value is -2.23. The van der Waals surface area contributed by atoms with E-state index < -0.39 is 5.92 Å². The van der Waals surface area contributed by atoms with Gasteiger partial charge in [0.2, 0.25) is 0 Å². The fraction of sp³-hybridized carbons (Fsp3) is 0.421. The van der Waals surface area contributed by atoms with Gasteiger partial charge in [0.25, 0.3) is 0 Å². The molecule has 1 aromatic carbocycles. The molecule has 0 saturated heterocycles. The molecule has 0 saturated carbocycles. The summed E-state index contributed by atoms with van der Waals surface area (Å²) in [5.41, 5.74) is 0.559. The number of Topliss-reactive ketones (excluding diaryl/α,β-unsaturated/α-hetero) is 2. The predicted molar refractivity (Wildman–Crippen MR) is 89.2 cm³/mol. The second kappa shape index (κ2) is 10.5. The molecule has 0 heterocycles. The van der Waals surface area contributed by atoms with Crippen molar-refractivity contribution in [3.05, 3.63) is 48.0 Å². The first-order valence-corrected chi connectivity index (χ1v) is 7.96. The lowest BCUT2D eigenvalue weighted by atomic mass is 9.91. The van der Waals surface area contributed by atoms with Crippen LogP contribution in [0.1, 0.15) is 49.9 Å². The van der Waals surface area contributed by atoms with Crippen LogP contribution in [0.4, 0.5) is 0 Å². The van der Waals surface area contributed by atoms with Gasteiger partial charge in [-0.15, -0.1) is 0 Å². The minimum atomic E-state index is -0.640. The minimum absolute atomic E-state index is 0.130. The molecule has 1 aromatic rings. The SMILES string of the molecule is CCOC(=O)CCCC=CCC(C(C)=O)C(=O)c1ccccc1. The number of ketones is 2. The molecule has 4 heteroatoms. The lowest BCUT2D eigenvalue weighted by Crippen LogP contribution is -2.21. The molecule has 0 spiro atoms. The lowest BCUT2D eigenvalue weighted by molar-refractivity contribution is -0.143. The van der Waals surface area contributed by atoms with Gasteiger partial charge in [0, 0.05) is 12.0 Å². The summed E-state index contributed by atoms with van der Waals surface area (Å²) in [7, 11) is 0. The van der Waals surface area contributed by atoms with E-state index in [-0.39, 0.29) is 17.5 Å². The zero-order valence-corrected chi connectivity index (χ0v) is 13.8. The summed E-state index contributed by atoms with van der Waals surface area (Å²) in [6.45, 7) is 3.63. The Morgan fingerprint density at radius 1 is 1.13 bits per heavy atom. The van der Waals surface area contributed by atoms with Crippen LogP contribution in [0.5, 0.6) is 0 Å². The fourth-order valence-corrected chi connectivity index (χ4v) is 2.21. The molecule has 1 atom stereocenters. The monoisotopic (exact) mass is 316 g/mol. The third-order valence-electron chi connectivity index (χ3n) is 3.46. The van der Waals surface area contributed by atoms with Gasteiger partial charge in [-0.1, -0.05) is 42.5 Å². The van der Waals surface area contributed by atoms with E-state index in [1.165, 1.54) is 6.92 Å². The number of unbranched alkanes of at least 4 members (excludes halogenated alkanes) is 1. The highest BCUT2D eigenvalue weighted by Gasteiger charge is 2.22. The molecule has 0 amide bonds. The van der Waals surface area contributed by atoms with Crippen molar-refractivity contribution in [1.29, 1.82) is 0 Å². The summed E-state index contributed by atoms with van der Waals surface area (Å²) in [6, 6.07) is 8.86. The predicted octanol–water partition coefficient (Wildman–Crippen LogP) is 3.75. The first kappa shape index (κ1) is 18.8. The Morgan fingerprint density at radius 3 is 2.43 bits per heavy atom. The molecular weight excluding hydrogens is 292 g/mol.